The fourth-order valence-corrected chi connectivity index (χ4v) is 1.48. The van der Waals surface area contributed by atoms with Crippen molar-refractivity contribution in [3.63, 3.8) is 0 Å². The monoisotopic (exact) mass is 197 g/mol. The Kier molecular flexibility index (Phi) is 2.54. The summed E-state index contributed by atoms with van der Waals surface area (Å²) in [5, 5.41) is 3.03. The van der Waals surface area contributed by atoms with Gasteiger partial charge in [-0.15, -0.1) is 0 Å². The SMILES string of the molecule is CNCCc1ccc(F)c2c1OCO2. The highest BCUT2D eigenvalue weighted by Gasteiger charge is 2.21. The van der Waals surface area contributed by atoms with Crippen LogP contribution in [0.3, 0.4) is 0 Å². The van der Waals surface area contributed by atoms with Crippen LogP contribution in [-0.4, -0.2) is 20.4 Å². The Morgan fingerprint density at radius 3 is 2.93 bits per heavy atom. The lowest BCUT2D eigenvalue weighted by atomic mass is 10.1. The molecule has 76 valence electrons. The first-order valence-corrected chi connectivity index (χ1v) is 4.54. The van der Waals surface area contributed by atoms with E-state index in [4.69, 9.17) is 9.47 Å². The molecule has 1 N–H and O–H groups in total. The van der Waals surface area contributed by atoms with Crippen molar-refractivity contribution in [1.82, 2.24) is 5.32 Å². The Bertz CT molecular complexity index is 341. The van der Waals surface area contributed by atoms with Crippen molar-refractivity contribution in [2.45, 2.75) is 6.42 Å². The second-order valence-corrected chi connectivity index (χ2v) is 3.12. The van der Waals surface area contributed by atoms with Gasteiger partial charge in [-0.25, -0.2) is 4.39 Å². The Morgan fingerprint density at radius 1 is 1.36 bits per heavy atom. The predicted octanol–water partition coefficient (Wildman–Crippen LogP) is 1.32. The number of benzene rings is 1. The minimum absolute atomic E-state index is 0.114. The summed E-state index contributed by atoms with van der Waals surface area (Å²) in [7, 11) is 1.88. The molecule has 2 rings (SSSR count). The van der Waals surface area contributed by atoms with E-state index in [1.54, 1.807) is 6.07 Å². The van der Waals surface area contributed by atoms with Gasteiger partial charge in [0.1, 0.15) is 0 Å². The summed E-state index contributed by atoms with van der Waals surface area (Å²) in [5.74, 6) is 0.449. The van der Waals surface area contributed by atoms with Gasteiger partial charge >= 0.3 is 0 Å². The molecule has 0 unspecified atom stereocenters. The lowest BCUT2D eigenvalue weighted by molar-refractivity contribution is 0.170. The zero-order valence-electron chi connectivity index (χ0n) is 7.97. The molecule has 1 aliphatic heterocycles. The smallest absolute Gasteiger partial charge is 0.231 e. The van der Waals surface area contributed by atoms with Crippen LogP contribution in [-0.2, 0) is 6.42 Å². The first-order chi connectivity index (χ1) is 6.83. The van der Waals surface area contributed by atoms with Gasteiger partial charge in [-0.2, -0.15) is 0 Å². The van der Waals surface area contributed by atoms with Crippen LogP contribution in [0.2, 0.25) is 0 Å². The maximum atomic E-state index is 13.2. The predicted molar refractivity (Wildman–Crippen MR) is 50.2 cm³/mol. The van der Waals surface area contributed by atoms with Crippen LogP contribution in [0.15, 0.2) is 12.1 Å². The second kappa shape index (κ2) is 3.84. The van der Waals surface area contributed by atoms with E-state index in [9.17, 15) is 4.39 Å². The Balaban J connectivity index is 2.29. The third kappa shape index (κ3) is 1.53. The van der Waals surface area contributed by atoms with E-state index in [2.05, 4.69) is 5.32 Å². The average molecular weight is 197 g/mol. The minimum Gasteiger partial charge on any atom is -0.453 e. The van der Waals surface area contributed by atoms with Gasteiger partial charge in [0.25, 0.3) is 0 Å². The molecule has 1 aromatic carbocycles. The van der Waals surface area contributed by atoms with Crippen LogP contribution in [0.5, 0.6) is 11.5 Å². The molecule has 0 aliphatic carbocycles. The van der Waals surface area contributed by atoms with Gasteiger partial charge in [-0.3, -0.25) is 0 Å². The van der Waals surface area contributed by atoms with Crippen molar-refractivity contribution in [3.8, 4) is 11.5 Å². The highest BCUT2D eigenvalue weighted by atomic mass is 19.1. The summed E-state index contributed by atoms with van der Waals surface area (Å²) in [6.07, 6.45) is 0.808. The molecule has 0 saturated heterocycles. The highest BCUT2D eigenvalue weighted by molar-refractivity contribution is 5.49. The van der Waals surface area contributed by atoms with Crippen LogP contribution < -0.4 is 14.8 Å². The van der Waals surface area contributed by atoms with Crippen molar-refractivity contribution in [2.24, 2.45) is 0 Å². The molecule has 0 bridgehead atoms. The topological polar surface area (TPSA) is 30.5 Å². The van der Waals surface area contributed by atoms with Crippen LogP contribution in [0.4, 0.5) is 4.39 Å². The van der Waals surface area contributed by atoms with Gasteiger partial charge in [0.15, 0.2) is 11.6 Å². The number of likely N-dealkylation sites (N-methyl/N-ethyl adjacent to an activating group) is 1. The van der Waals surface area contributed by atoms with Gasteiger partial charge in [0, 0.05) is 0 Å². The molecule has 0 aromatic heterocycles. The molecule has 0 spiro atoms. The summed E-state index contributed by atoms with van der Waals surface area (Å²) in [6.45, 7) is 0.949. The van der Waals surface area contributed by atoms with Gasteiger partial charge in [-0.05, 0) is 31.6 Å². The van der Waals surface area contributed by atoms with Crippen LogP contribution in [0, 0.1) is 5.82 Å². The van der Waals surface area contributed by atoms with Crippen LogP contribution in [0.1, 0.15) is 5.56 Å². The zero-order valence-corrected chi connectivity index (χ0v) is 7.97. The van der Waals surface area contributed by atoms with E-state index in [0.717, 1.165) is 18.5 Å². The Morgan fingerprint density at radius 2 is 2.14 bits per heavy atom. The number of ether oxygens (including phenoxy) is 2. The molecular formula is C10H12FNO2. The molecule has 0 saturated carbocycles. The quantitative estimate of drug-likeness (QED) is 0.792. The van der Waals surface area contributed by atoms with E-state index in [1.165, 1.54) is 6.07 Å². The van der Waals surface area contributed by atoms with E-state index in [1.807, 2.05) is 7.05 Å². The number of fused-ring (bicyclic) bond motifs is 1. The molecule has 0 amide bonds. The largest absolute Gasteiger partial charge is 0.453 e. The molecule has 0 radical (unpaired) electrons. The molecule has 0 fully saturated rings. The summed E-state index contributed by atoms with van der Waals surface area (Å²) in [6, 6.07) is 3.15. The Hall–Kier alpha value is -1.29. The van der Waals surface area contributed by atoms with E-state index in [-0.39, 0.29) is 18.4 Å². The number of halogens is 1. The molecule has 1 heterocycles. The third-order valence-corrected chi connectivity index (χ3v) is 2.20. The van der Waals surface area contributed by atoms with E-state index < -0.39 is 0 Å². The first-order valence-electron chi connectivity index (χ1n) is 4.54. The summed E-state index contributed by atoms with van der Waals surface area (Å²) in [5.41, 5.74) is 0.980. The molecule has 3 nitrogen and oxygen atoms in total. The molecule has 14 heavy (non-hydrogen) atoms. The van der Waals surface area contributed by atoms with E-state index in [0.29, 0.717) is 5.75 Å². The number of rotatable bonds is 3. The first kappa shape index (κ1) is 9.27. The summed E-state index contributed by atoms with van der Waals surface area (Å²) in [4.78, 5) is 0. The number of nitrogens with one attached hydrogen (secondary N) is 1. The molecule has 1 aromatic rings. The van der Waals surface area contributed by atoms with Crippen LogP contribution in [0.25, 0.3) is 0 Å². The standard InChI is InChI=1S/C10H12FNO2/c1-12-5-4-7-2-3-8(11)10-9(7)13-6-14-10/h2-3,12H,4-6H2,1H3. The normalized spacial score (nSPS) is 13.3. The van der Waals surface area contributed by atoms with Crippen molar-refractivity contribution < 1.29 is 13.9 Å². The highest BCUT2D eigenvalue weighted by Crippen LogP contribution is 2.37. The third-order valence-electron chi connectivity index (χ3n) is 2.20. The summed E-state index contributed by atoms with van der Waals surface area (Å²) < 4.78 is 23.4. The van der Waals surface area contributed by atoms with Gasteiger partial charge in [0.05, 0.1) is 0 Å². The maximum absolute atomic E-state index is 13.2. The van der Waals surface area contributed by atoms with Crippen molar-refractivity contribution in [3.05, 3.63) is 23.5 Å². The maximum Gasteiger partial charge on any atom is 0.231 e. The van der Waals surface area contributed by atoms with Crippen molar-refractivity contribution in [1.29, 1.82) is 0 Å². The molecule has 4 heteroatoms. The molecule has 0 atom stereocenters. The fourth-order valence-electron chi connectivity index (χ4n) is 1.48. The lowest BCUT2D eigenvalue weighted by Gasteiger charge is -2.05. The Labute approximate surface area is 81.8 Å². The minimum atomic E-state index is -0.356. The molecule has 1 aliphatic rings. The molecular weight excluding hydrogens is 185 g/mol. The summed E-state index contributed by atoms with van der Waals surface area (Å²) >= 11 is 0. The lowest BCUT2D eigenvalue weighted by Crippen LogP contribution is -2.10. The van der Waals surface area contributed by atoms with Crippen molar-refractivity contribution >= 4 is 0 Å². The van der Waals surface area contributed by atoms with E-state index >= 15 is 0 Å². The van der Waals surface area contributed by atoms with Gasteiger partial charge in [0.2, 0.25) is 12.5 Å². The number of hydrogen-bond donors (Lipinski definition) is 1. The van der Waals surface area contributed by atoms with Crippen LogP contribution >= 0.6 is 0 Å². The number of hydrogen-bond acceptors (Lipinski definition) is 3. The fraction of sp³-hybridized carbons (Fsp3) is 0.400. The average Bonchev–Trinajstić information content (AvgIpc) is 2.66. The zero-order chi connectivity index (χ0) is 9.97. The van der Waals surface area contributed by atoms with Gasteiger partial charge in [-0.1, -0.05) is 6.07 Å². The second-order valence-electron chi connectivity index (χ2n) is 3.12. The van der Waals surface area contributed by atoms with Crippen molar-refractivity contribution in [2.75, 3.05) is 20.4 Å². The van der Waals surface area contributed by atoms with Gasteiger partial charge < -0.3 is 14.8 Å².